The standard InChI is InChI=1S/C4H12OP2/c1-2-3-5-4(6)7/h4H,2-3,6-7H2,1H3. The van der Waals surface area contributed by atoms with Crippen LogP contribution in [0.4, 0.5) is 0 Å². The number of ether oxygens (including phenoxy) is 1. The van der Waals surface area contributed by atoms with Crippen molar-refractivity contribution in [2.45, 2.75) is 18.9 Å². The molecule has 0 amide bonds. The summed E-state index contributed by atoms with van der Waals surface area (Å²) in [6.07, 6.45) is 1.10. The van der Waals surface area contributed by atoms with Crippen molar-refractivity contribution in [3.8, 4) is 0 Å². The van der Waals surface area contributed by atoms with Gasteiger partial charge in [0.15, 0.2) is 0 Å². The molecule has 0 aromatic heterocycles. The average Bonchev–Trinajstić information content (AvgIpc) is 1.61. The van der Waals surface area contributed by atoms with Crippen LogP contribution in [0.1, 0.15) is 13.3 Å². The second-order valence-electron chi connectivity index (χ2n) is 1.34. The molecule has 0 aromatic rings. The van der Waals surface area contributed by atoms with Gasteiger partial charge in [0.25, 0.3) is 0 Å². The Hall–Kier alpha value is 0.820. The first-order valence-corrected chi connectivity index (χ1v) is 3.73. The normalized spacial score (nSPS) is 10.3. The zero-order chi connectivity index (χ0) is 5.70. The lowest BCUT2D eigenvalue weighted by molar-refractivity contribution is 0.162. The van der Waals surface area contributed by atoms with Crippen molar-refractivity contribution >= 4 is 18.5 Å². The van der Waals surface area contributed by atoms with E-state index in [-0.39, 0.29) is 5.59 Å². The fraction of sp³-hybridized carbons (Fsp3) is 1.00. The third-order valence-electron chi connectivity index (χ3n) is 0.514. The Morgan fingerprint density at radius 3 is 2.29 bits per heavy atom. The summed E-state index contributed by atoms with van der Waals surface area (Å²) >= 11 is 0. The molecule has 0 heterocycles. The van der Waals surface area contributed by atoms with Crippen LogP contribution in [0.25, 0.3) is 0 Å². The summed E-state index contributed by atoms with van der Waals surface area (Å²) in [6.45, 7) is 2.95. The van der Waals surface area contributed by atoms with E-state index in [1.807, 2.05) is 0 Å². The van der Waals surface area contributed by atoms with Gasteiger partial charge in [0.1, 0.15) is 0 Å². The van der Waals surface area contributed by atoms with E-state index in [9.17, 15) is 0 Å². The molecule has 0 N–H and O–H groups in total. The molecule has 3 heteroatoms. The Balaban J connectivity index is 2.68. The van der Waals surface area contributed by atoms with Gasteiger partial charge in [-0.25, -0.2) is 0 Å². The van der Waals surface area contributed by atoms with E-state index in [1.54, 1.807) is 0 Å². The van der Waals surface area contributed by atoms with Gasteiger partial charge in [0.05, 0.1) is 5.59 Å². The van der Waals surface area contributed by atoms with Crippen LogP contribution in [0.5, 0.6) is 0 Å². The summed E-state index contributed by atoms with van der Waals surface area (Å²) in [7, 11) is 5.10. The molecule has 0 rings (SSSR count). The summed E-state index contributed by atoms with van der Waals surface area (Å²) in [5, 5.41) is 0. The maximum Gasteiger partial charge on any atom is 0.0837 e. The van der Waals surface area contributed by atoms with Crippen molar-refractivity contribution in [3.05, 3.63) is 0 Å². The molecule has 7 heavy (non-hydrogen) atoms. The maximum absolute atomic E-state index is 5.12. The largest absolute Gasteiger partial charge is 0.370 e. The van der Waals surface area contributed by atoms with E-state index >= 15 is 0 Å². The van der Waals surface area contributed by atoms with Crippen molar-refractivity contribution < 1.29 is 4.74 Å². The average molecular weight is 138 g/mol. The monoisotopic (exact) mass is 138 g/mol. The summed E-state index contributed by atoms with van der Waals surface area (Å²) in [5.74, 6) is 0. The fourth-order valence-electron chi connectivity index (χ4n) is 0.254. The Morgan fingerprint density at radius 2 is 2.14 bits per heavy atom. The van der Waals surface area contributed by atoms with Crippen LogP contribution in [0.3, 0.4) is 0 Å². The highest BCUT2D eigenvalue weighted by molar-refractivity contribution is 7.37. The van der Waals surface area contributed by atoms with Gasteiger partial charge in [-0.05, 0) is 6.42 Å². The molecule has 0 bridgehead atoms. The Morgan fingerprint density at radius 1 is 1.57 bits per heavy atom. The van der Waals surface area contributed by atoms with Crippen LogP contribution < -0.4 is 0 Å². The van der Waals surface area contributed by atoms with Crippen LogP contribution in [0.15, 0.2) is 0 Å². The highest BCUT2D eigenvalue weighted by atomic mass is 31.1. The quantitative estimate of drug-likeness (QED) is 0.536. The summed E-state index contributed by atoms with van der Waals surface area (Å²) < 4.78 is 5.12. The topological polar surface area (TPSA) is 9.23 Å². The molecular formula is C4H12OP2. The van der Waals surface area contributed by atoms with Gasteiger partial charge in [-0.15, -0.1) is 18.5 Å². The molecule has 1 nitrogen and oxygen atoms in total. The molecule has 0 fully saturated rings. The molecule has 0 aliphatic rings. The highest BCUT2D eigenvalue weighted by Gasteiger charge is 1.87. The molecule has 2 atom stereocenters. The fourth-order valence-corrected chi connectivity index (χ4v) is 0.526. The minimum atomic E-state index is 0.236. The van der Waals surface area contributed by atoms with E-state index in [0.717, 1.165) is 13.0 Å². The van der Waals surface area contributed by atoms with Gasteiger partial charge >= 0.3 is 0 Å². The smallest absolute Gasteiger partial charge is 0.0837 e. The van der Waals surface area contributed by atoms with E-state index in [2.05, 4.69) is 25.4 Å². The van der Waals surface area contributed by atoms with Crippen LogP contribution in [-0.2, 0) is 4.74 Å². The minimum absolute atomic E-state index is 0.236. The Bertz CT molecular complexity index is 38.7. The molecule has 0 saturated heterocycles. The van der Waals surface area contributed by atoms with Gasteiger partial charge in [0.2, 0.25) is 0 Å². The Labute approximate surface area is 49.6 Å². The van der Waals surface area contributed by atoms with Crippen molar-refractivity contribution in [1.29, 1.82) is 0 Å². The van der Waals surface area contributed by atoms with Crippen molar-refractivity contribution in [1.82, 2.24) is 0 Å². The van der Waals surface area contributed by atoms with E-state index in [0.29, 0.717) is 0 Å². The lowest BCUT2D eigenvalue weighted by Gasteiger charge is -2.02. The van der Waals surface area contributed by atoms with Crippen molar-refractivity contribution in [2.24, 2.45) is 0 Å². The number of rotatable bonds is 3. The van der Waals surface area contributed by atoms with Gasteiger partial charge in [-0.2, -0.15) is 0 Å². The molecular weight excluding hydrogens is 126 g/mol. The third-order valence-corrected chi connectivity index (χ3v) is 0.899. The molecule has 44 valence electrons. The zero-order valence-corrected chi connectivity index (χ0v) is 6.86. The minimum Gasteiger partial charge on any atom is -0.370 e. The predicted molar refractivity (Wildman–Crippen MR) is 39.5 cm³/mol. The molecule has 0 saturated carbocycles. The molecule has 0 aliphatic heterocycles. The van der Waals surface area contributed by atoms with Crippen molar-refractivity contribution in [3.63, 3.8) is 0 Å². The SMILES string of the molecule is CCCOC(P)P. The van der Waals surface area contributed by atoms with Crippen LogP contribution in [0, 0.1) is 0 Å². The summed E-state index contributed by atoms with van der Waals surface area (Å²) in [4.78, 5) is 0. The van der Waals surface area contributed by atoms with Crippen LogP contribution >= 0.6 is 18.5 Å². The van der Waals surface area contributed by atoms with E-state index in [4.69, 9.17) is 4.74 Å². The molecule has 0 radical (unpaired) electrons. The number of hydrogen-bond acceptors (Lipinski definition) is 1. The van der Waals surface area contributed by atoms with Crippen molar-refractivity contribution in [2.75, 3.05) is 6.61 Å². The second kappa shape index (κ2) is 4.97. The maximum atomic E-state index is 5.12. The highest BCUT2D eigenvalue weighted by Crippen LogP contribution is 2.09. The lowest BCUT2D eigenvalue weighted by Crippen LogP contribution is -1.94. The first-order valence-electron chi connectivity index (χ1n) is 2.40. The molecule has 0 spiro atoms. The summed E-state index contributed by atoms with van der Waals surface area (Å²) in [6, 6.07) is 0. The lowest BCUT2D eigenvalue weighted by atomic mass is 10.5. The van der Waals surface area contributed by atoms with Gasteiger partial charge < -0.3 is 4.74 Å². The summed E-state index contributed by atoms with van der Waals surface area (Å²) in [5.41, 5.74) is 0.236. The first kappa shape index (κ1) is 7.82. The van der Waals surface area contributed by atoms with Gasteiger partial charge in [0, 0.05) is 6.61 Å². The van der Waals surface area contributed by atoms with Gasteiger partial charge in [-0.1, -0.05) is 6.92 Å². The molecule has 0 aromatic carbocycles. The first-order chi connectivity index (χ1) is 3.27. The third kappa shape index (κ3) is 6.82. The second-order valence-corrected chi connectivity index (χ2v) is 3.42. The molecule has 2 unspecified atom stereocenters. The number of hydrogen-bond donors (Lipinski definition) is 0. The zero-order valence-electron chi connectivity index (χ0n) is 4.55. The van der Waals surface area contributed by atoms with Crippen LogP contribution in [-0.4, -0.2) is 12.2 Å². The van der Waals surface area contributed by atoms with Gasteiger partial charge in [-0.3, -0.25) is 0 Å². The Kier molecular flexibility index (Phi) is 5.55. The molecule has 0 aliphatic carbocycles. The van der Waals surface area contributed by atoms with Crippen LogP contribution in [0.2, 0.25) is 0 Å². The predicted octanol–water partition coefficient (Wildman–Crippen LogP) is 1.45. The van der Waals surface area contributed by atoms with E-state index < -0.39 is 0 Å². The van der Waals surface area contributed by atoms with E-state index in [1.165, 1.54) is 0 Å².